The molecule has 0 unspecified atom stereocenters. The van der Waals surface area contributed by atoms with Crippen LogP contribution in [0.1, 0.15) is 32.1 Å². The molecule has 1 aliphatic carbocycles. The second kappa shape index (κ2) is 10.3. The maximum atomic E-state index is 12.0. The van der Waals surface area contributed by atoms with Crippen molar-refractivity contribution in [3.8, 4) is 0 Å². The van der Waals surface area contributed by atoms with Crippen LogP contribution >= 0.6 is 28.5 Å². The van der Waals surface area contributed by atoms with Crippen LogP contribution in [0.2, 0.25) is 0 Å². The molecule has 0 atom stereocenters. The minimum absolute atomic E-state index is 0.536. The molecule has 0 bridgehead atoms. The SMILES string of the molecule is NC1CCCCC1.O=P(O)(Sc1ccccc1)Sc1ccccc1. The van der Waals surface area contributed by atoms with E-state index in [1.165, 1.54) is 32.1 Å². The summed E-state index contributed by atoms with van der Waals surface area (Å²) in [5.74, 6) is -3.30. The van der Waals surface area contributed by atoms with Crippen molar-refractivity contribution in [2.24, 2.45) is 5.73 Å². The molecule has 0 heterocycles. The van der Waals surface area contributed by atoms with E-state index in [2.05, 4.69) is 0 Å². The van der Waals surface area contributed by atoms with Gasteiger partial charge in [0.1, 0.15) is 0 Å². The lowest BCUT2D eigenvalue weighted by atomic mass is 9.97. The number of rotatable bonds is 4. The molecular formula is C18H24NO2PS2. The van der Waals surface area contributed by atoms with Crippen molar-refractivity contribution >= 4 is 28.5 Å². The Kier molecular flexibility index (Phi) is 8.43. The largest absolute Gasteiger partial charge is 0.329 e. The van der Waals surface area contributed by atoms with Gasteiger partial charge in [0, 0.05) is 15.8 Å². The van der Waals surface area contributed by atoms with Crippen LogP contribution in [0.3, 0.4) is 0 Å². The lowest BCUT2D eigenvalue weighted by molar-refractivity contribution is 0.441. The molecule has 1 fully saturated rings. The summed E-state index contributed by atoms with van der Waals surface area (Å²) in [6.45, 7) is 0. The predicted molar refractivity (Wildman–Crippen MR) is 105 cm³/mol. The van der Waals surface area contributed by atoms with Gasteiger partial charge in [0.2, 0.25) is 0 Å². The summed E-state index contributed by atoms with van der Waals surface area (Å²) < 4.78 is 12.0. The van der Waals surface area contributed by atoms with Crippen LogP contribution in [-0.4, -0.2) is 10.9 Å². The summed E-state index contributed by atoms with van der Waals surface area (Å²) in [5, 5.41) is 0. The minimum atomic E-state index is -3.30. The van der Waals surface area contributed by atoms with Crippen LogP contribution < -0.4 is 5.73 Å². The fraction of sp³-hybridized carbons (Fsp3) is 0.333. The van der Waals surface area contributed by atoms with Crippen molar-refractivity contribution in [2.45, 2.75) is 47.9 Å². The molecule has 0 amide bonds. The van der Waals surface area contributed by atoms with E-state index in [9.17, 15) is 9.46 Å². The van der Waals surface area contributed by atoms with Crippen molar-refractivity contribution in [1.82, 2.24) is 0 Å². The fourth-order valence-corrected chi connectivity index (χ4v) is 7.83. The average molecular weight is 382 g/mol. The van der Waals surface area contributed by atoms with Gasteiger partial charge in [-0.05, 0) is 59.9 Å². The molecule has 2 aromatic rings. The number of hydrogen-bond donors (Lipinski definition) is 2. The highest BCUT2D eigenvalue weighted by Crippen LogP contribution is 2.70. The molecule has 130 valence electrons. The fourth-order valence-electron chi connectivity index (χ4n) is 2.38. The second-order valence-corrected chi connectivity index (χ2v) is 12.7. The summed E-state index contributed by atoms with van der Waals surface area (Å²) >= 11 is 2.03. The Hall–Kier alpha value is -0.710. The molecule has 3 nitrogen and oxygen atoms in total. The Morgan fingerprint density at radius 3 is 1.58 bits per heavy atom. The first kappa shape index (κ1) is 19.6. The van der Waals surface area contributed by atoms with Crippen molar-refractivity contribution in [3.63, 3.8) is 0 Å². The van der Waals surface area contributed by atoms with Crippen molar-refractivity contribution in [2.75, 3.05) is 0 Å². The molecule has 2 aromatic carbocycles. The van der Waals surface area contributed by atoms with Crippen LogP contribution in [0.4, 0.5) is 0 Å². The molecule has 0 aliphatic heterocycles. The van der Waals surface area contributed by atoms with Gasteiger partial charge in [-0.1, -0.05) is 55.7 Å². The molecule has 3 N–H and O–H groups in total. The normalized spacial score (nSPS) is 15.4. The topological polar surface area (TPSA) is 63.3 Å². The second-order valence-electron chi connectivity index (χ2n) is 5.68. The lowest BCUT2D eigenvalue weighted by Gasteiger charge is -2.15. The Morgan fingerprint density at radius 2 is 1.25 bits per heavy atom. The highest BCUT2D eigenvalue weighted by Gasteiger charge is 2.21. The van der Waals surface area contributed by atoms with Crippen LogP contribution in [-0.2, 0) is 4.57 Å². The van der Waals surface area contributed by atoms with E-state index in [0.717, 1.165) is 32.6 Å². The molecule has 3 rings (SSSR count). The molecule has 0 aromatic heterocycles. The monoisotopic (exact) mass is 381 g/mol. The predicted octanol–water partition coefficient (Wildman–Crippen LogP) is 5.95. The Morgan fingerprint density at radius 1 is 0.833 bits per heavy atom. The first-order valence-electron chi connectivity index (χ1n) is 8.13. The highest BCUT2D eigenvalue weighted by atomic mass is 33.1. The molecule has 0 radical (unpaired) electrons. The van der Waals surface area contributed by atoms with Crippen molar-refractivity contribution < 1.29 is 9.46 Å². The van der Waals surface area contributed by atoms with Gasteiger partial charge in [0.25, 0.3) is 0 Å². The standard InChI is InChI=1S/C12H11O2PS2.C6H13N/c13-15(14,16-11-7-3-1-4-8-11)17-12-9-5-2-6-10-12;7-6-4-2-1-3-5-6/h1-10H,(H,13,14);6H,1-5,7H2. The zero-order valence-corrected chi connectivity index (χ0v) is 16.1. The molecule has 1 saturated carbocycles. The maximum Gasteiger partial charge on any atom is 0.319 e. The van der Waals surface area contributed by atoms with Crippen LogP contribution in [0.5, 0.6) is 0 Å². The third kappa shape index (κ3) is 7.91. The van der Waals surface area contributed by atoms with E-state index < -0.39 is 5.77 Å². The Labute approximate surface area is 152 Å². The van der Waals surface area contributed by atoms with E-state index in [-0.39, 0.29) is 0 Å². The van der Waals surface area contributed by atoms with Gasteiger partial charge >= 0.3 is 5.77 Å². The summed E-state index contributed by atoms with van der Waals surface area (Å²) in [6, 6.07) is 19.1. The highest BCUT2D eigenvalue weighted by molar-refractivity contribution is 8.89. The molecule has 24 heavy (non-hydrogen) atoms. The third-order valence-electron chi connectivity index (χ3n) is 3.58. The summed E-state index contributed by atoms with van der Waals surface area (Å²) in [5.41, 5.74) is 5.63. The van der Waals surface area contributed by atoms with Crippen molar-refractivity contribution in [1.29, 1.82) is 0 Å². The lowest BCUT2D eigenvalue weighted by Crippen LogP contribution is -2.22. The van der Waals surface area contributed by atoms with Crippen LogP contribution in [0.25, 0.3) is 0 Å². The first-order chi connectivity index (χ1) is 11.6. The van der Waals surface area contributed by atoms with Gasteiger partial charge in [0.05, 0.1) is 0 Å². The van der Waals surface area contributed by atoms with Gasteiger partial charge in [0.15, 0.2) is 0 Å². The molecule has 1 aliphatic rings. The number of benzene rings is 2. The van der Waals surface area contributed by atoms with E-state index in [0.29, 0.717) is 6.04 Å². The van der Waals surface area contributed by atoms with E-state index in [1.807, 2.05) is 60.7 Å². The van der Waals surface area contributed by atoms with Gasteiger partial charge < -0.3 is 10.6 Å². The van der Waals surface area contributed by atoms with Crippen LogP contribution in [0.15, 0.2) is 70.5 Å². The Balaban J connectivity index is 0.000000249. The average Bonchev–Trinajstić information content (AvgIpc) is 2.57. The summed E-state index contributed by atoms with van der Waals surface area (Å²) in [7, 11) is 0. The number of hydrogen-bond acceptors (Lipinski definition) is 4. The summed E-state index contributed by atoms with van der Waals surface area (Å²) in [4.78, 5) is 11.5. The molecule has 6 heteroatoms. The third-order valence-corrected chi connectivity index (χ3v) is 9.00. The van der Waals surface area contributed by atoms with E-state index in [1.54, 1.807) is 0 Å². The summed E-state index contributed by atoms with van der Waals surface area (Å²) in [6.07, 6.45) is 6.66. The van der Waals surface area contributed by atoms with E-state index in [4.69, 9.17) is 5.73 Å². The zero-order chi connectivity index (χ0) is 17.3. The molecule has 0 spiro atoms. The zero-order valence-electron chi connectivity index (χ0n) is 13.6. The van der Waals surface area contributed by atoms with Gasteiger partial charge in [-0.15, -0.1) is 0 Å². The smallest absolute Gasteiger partial charge is 0.319 e. The van der Waals surface area contributed by atoms with Crippen LogP contribution in [0, 0.1) is 0 Å². The quantitative estimate of drug-likeness (QED) is 0.641. The first-order valence-corrected chi connectivity index (χ1v) is 12.6. The van der Waals surface area contributed by atoms with E-state index >= 15 is 0 Å². The minimum Gasteiger partial charge on any atom is -0.329 e. The molecule has 0 saturated heterocycles. The molecular weight excluding hydrogens is 357 g/mol. The van der Waals surface area contributed by atoms with Gasteiger partial charge in [-0.3, -0.25) is 4.57 Å². The Bertz CT molecular complexity index is 588. The van der Waals surface area contributed by atoms with Crippen molar-refractivity contribution in [3.05, 3.63) is 60.7 Å². The number of nitrogens with two attached hydrogens (primary N) is 1. The van der Waals surface area contributed by atoms with Gasteiger partial charge in [-0.25, -0.2) is 0 Å². The van der Waals surface area contributed by atoms with Gasteiger partial charge in [-0.2, -0.15) is 0 Å². The maximum absolute atomic E-state index is 12.0.